The molecule has 0 radical (unpaired) electrons. The minimum absolute atomic E-state index is 0.189. The average Bonchev–Trinajstić information content (AvgIpc) is 2.35. The Kier molecular flexibility index (Phi) is 5.24. The first kappa shape index (κ1) is 15.4. The van der Waals surface area contributed by atoms with Crippen molar-refractivity contribution >= 4 is 11.8 Å². The summed E-state index contributed by atoms with van der Waals surface area (Å²) in [6.07, 6.45) is 1.36. The second-order valence-electron chi connectivity index (χ2n) is 5.06. The van der Waals surface area contributed by atoms with Gasteiger partial charge in [0, 0.05) is 5.56 Å². The van der Waals surface area contributed by atoms with E-state index in [1.165, 1.54) is 0 Å². The van der Waals surface area contributed by atoms with Crippen LogP contribution in [0.15, 0.2) is 24.3 Å². The van der Waals surface area contributed by atoms with Gasteiger partial charge in [-0.2, -0.15) is 0 Å². The van der Waals surface area contributed by atoms with Crippen LogP contribution in [0.1, 0.15) is 43.1 Å². The third kappa shape index (κ3) is 5.22. The molecule has 0 bridgehead atoms. The van der Waals surface area contributed by atoms with Gasteiger partial charge in [0.15, 0.2) is 0 Å². The van der Waals surface area contributed by atoms with Crippen LogP contribution in [0.25, 0.3) is 0 Å². The molecule has 0 aliphatic carbocycles. The molecule has 1 aromatic carbocycles. The highest BCUT2D eigenvalue weighted by Gasteiger charge is 2.17. The van der Waals surface area contributed by atoms with Gasteiger partial charge < -0.3 is 9.84 Å². The summed E-state index contributed by atoms with van der Waals surface area (Å²) in [4.78, 5) is 22.9. The van der Waals surface area contributed by atoms with Gasteiger partial charge in [0.25, 0.3) is 5.78 Å². The van der Waals surface area contributed by atoms with E-state index in [1.807, 2.05) is 0 Å². The number of carbonyl (C=O) groups excluding carboxylic acids is 2. The number of ether oxygens (including phenoxy) is 1. The van der Waals surface area contributed by atoms with Crippen LogP contribution in [-0.4, -0.2) is 29.1 Å². The molecule has 0 saturated heterocycles. The van der Waals surface area contributed by atoms with E-state index in [4.69, 9.17) is 0 Å². The first-order chi connectivity index (χ1) is 8.83. The zero-order valence-corrected chi connectivity index (χ0v) is 11.6. The number of Topliss-reactive ketones (excluding diaryl/α,β-unsaturated/α-hetero) is 1. The van der Waals surface area contributed by atoms with Gasteiger partial charge >= 0.3 is 5.97 Å². The molecule has 0 saturated carbocycles. The SMILES string of the molecule is CCOC(=O)C(=O)c1ccc(CCC(C)(C)O)cc1. The number of carbonyl (C=O) groups is 2. The summed E-state index contributed by atoms with van der Waals surface area (Å²) in [5.74, 6) is -1.46. The van der Waals surface area contributed by atoms with Crippen LogP contribution in [0.5, 0.6) is 0 Å². The van der Waals surface area contributed by atoms with Gasteiger partial charge in [-0.25, -0.2) is 4.79 Å². The number of ketones is 1. The van der Waals surface area contributed by atoms with Crippen LogP contribution in [0.2, 0.25) is 0 Å². The number of aryl methyl sites for hydroxylation is 1. The van der Waals surface area contributed by atoms with Crippen LogP contribution < -0.4 is 0 Å². The molecule has 1 aromatic rings. The number of benzene rings is 1. The summed E-state index contributed by atoms with van der Waals surface area (Å²) in [5, 5.41) is 9.64. The largest absolute Gasteiger partial charge is 0.460 e. The molecular weight excluding hydrogens is 244 g/mol. The molecular formula is C15H20O4. The monoisotopic (exact) mass is 264 g/mol. The summed E-state index contributed by atoms with van der Waals surface area (Å²) >= 11 is 0. The van der Waals surface area contributed by atoms with Gasteiger partial charge in [0.1, 0.15) is 0 Å². The highest BCUT2D eigenvalue weighted by Crippen LogP contribution is 2.14. The van der Waals surface area contributed by atoms with E-state index in [0.717, 1.165) is 12.0 Å². The molecule has 4 heteroatoms. The number of rotatable bonds is 6. The second-order valence-corrected chi connectivity index (χ2v) is 5.06. The average molecular weight is 264 g/mol. The lowest BCUT2D eigenvalue weighted by Gasteiger charge is -2.16. The summed E-state index contributed by atoms with van der Waals surface area (Å²) in [7, 11) is 0. The zero-order valence-electron chi connectivity index (χ0n) is 11.6. The van der Waals surface area contributed by atoms with Gasteiger partial charge in [-0.15, -0.1) is 0 Å². The summed E-state index contributed by atoms with van der Waals surface area (Å²) in [6.45, 7) is 5.36. The molecule has 0 amide bonds. The second kappa shape index (κ2) is 6.48. The first-order valence-electron chi connectivity index (χ1n) is 6.36. The lowest BCUT2D eigenvalue weighted by atomic mass is 9.98. The molecule has 0 spiro atoms. The number of hydrogen-bond donors (Lipinski definition) is 1. The predicted molar refractivity (Wildman–Crippen MR) is 72.0 cm³/mol. The highest BCUT2D eigenvalue weighted by atomic mass is 16.5. The Morgan fingerprint density at radius 2 is 1.79 bits per heavy atom. The van der Waals surface area contributed by atoms with Crippen molar-refractivity contribution in [1.29, 1.82) is 0 Å². The Balaban J connectivity index is 2.66. The van der Waals surface area contributed by atoms with E-state index >= 15 is 0 Å². The summed E-state index contributed by atoms with van der Waals surface area (Å²) < 4.78 is 4.66. The van der Waals surface area contributed by atoms with Crippen molar-refractivity contribution < 1.29 is 19.4 Å². The molecule has 104 valence electrons. The van der Waals surface area contributed by atoms with E-state index in [1.54, 1.807) is 45.0 Å². The normalized spacial score (nSPS) is 11.2. The molecule has 0 atom stereocenters. The lowest BCUT2D eigenvalue weighted by molar-refractivity contribution is -0.137. The fraction of sp³-hybridized carbons (Fsp3) is 0.467. The molecule has 1 N–H and O–H groups in total. The van der Waals surface area contributed by atoms with E-state index in [-0.39, 0.29) is 6.61 Å². The number of esters is 1. The Morgan fingerprint density at radius 3 is 2.26 bits per heavy atom. The predicted octanol–water partition coefficient (Wildman–Crippen LogP) is 2.14. The number of hydrogen-bond acceptors (Lipinski definition) is 4. The maximum atomic E-state index is 11.6. The Morgan fingerprint density at radius 1 is 1.21 bits per heavy atom. The van der Waals surface area contributed by atoms with Crippen molar-refractivity contribution in [3.05, 3.63) is 35.4 Å². The molecule has 0 aromatic heterocycles. The van der Waals surface area contributed by atoms with E-state index in [9.17, 15) is 14.7 Å². The van der Waals surface area contributed by atoms with E-state index in [0.29, 0.717) is 12.0 Å². The Labute approximate surface area is 113 Å². The standard InChI is InChI=1S/C15H20O4/c1-4-19-14(17)13(16)12-7-5-11(6-8-12)9-10-15(2,3)18/h5-8,18H,4,9-10H2,1-3H3. The molecule has 1 rings (SSSR count). The quantitative estimate of drug-likeness (QED) is 0.485. The smallest absolute Gasteiger partial charge is 0.379 e. The van der Waals surface area contributed by atoms with Crippen molar-refractivity contribution in [3.63, 3.8) is 0 Å². The van der Waals surface area contributed by atoms with Crippen molar-refractivity contribution in [3.8, 4) is 0 Å². The minimum Gasteiger partial charge on any atom is -0.460 e. The highest BCUT2D eigenvalue weighted by molar-refractivity contribution is 6.40. The van der Waals surface area contributed by atoms with Crippen LogP contribution in [0.3, 0.4) is 0 Å². The third-order valence-corrected chi connectivity index (χ3v) is 2.70. The minimum atomic E-state index is -0.827. The fourth-order valence-electron chi connectivity index (χ4n) is 1.59. The van der Waals surface area contributed by atoms with Crippen LogP contribution in [0, 0.1) is 0 Å². The zero-order chi connectivity index (χ0) is 14.5. The molecule has 0 unspecified atom stereocenters. The third-order valence-electron chi connectivity index (χ3n) is 2.70. The van der Waals surface area contributed by atoms with Gasteiger partial charge in [0.05, 0.1) is 12.2 Å². The van der Waals surface area contributed by atoms with Crippen molar-refractivity contribution in [2.24, 2.45) is 0 Å². The van der Waals surface area contributed by atoms with Gasteiger partial charge in [0.2, 0.25) is 0 Å². The molecule has 4 nitrogen and oxygen atoms in total. The maximum absolute atomic E-state index is 11.6. The maximum Gasteiger partial charge on any atom is 0.379 e. The summed E-state index contributed by atoms with van der Waals surface area (Å²) in [6, 6.07) is 6.80. The van der Waals surface area contributed by atoms with Gasteiger partial charge in [-0.05, 0) is 39.2 Å². The number of aliphatic hydroxyl groups is 1. The Bertz CT molecular complexity index is 440. The van der Waals surface area contributed by atoms with E-state index in [2.05, 4.69) is 4.74 Å². The fourth-order valence-corrected chi connectivity index (χ4v) is 1.59. The molecule has 19 heavy (non-hydrogen) atoms. The van der Waals surface area contributed by atoms with Crippen molar-refractivity contribution in [1.82, 2.24) is 0 Å². The molecule has 0 heterocycles. The van der Waals surface area contributed by atoms with Crippen LogP contribution in [0.4, 0.5) is 0 Å². The van der Waals surface area contributed by atoms with E-state index < -0.39 is 17.4 Å². The van der Waals surface area contributed by atoms with Crippen LogP contribution >= 0.6 is 0 Å². The molecule has 0 aliphatic heterocycles. The van der Waals surface area contributed by atoms with Crippen LogP contribution in [-0.2, 0) is 16.0 Å². The van der Waals surface area contributed by atoms with Crippen molar-refractivity contribution in [2.75, 3.05) is 6.61 Å². The van der Waals surface area contributed by atoms with Gasteiger partial charge in [-0.3, -0.25) is 4.79 Å². The first-order valence-corrected chi connectivity index (χ1v) is 6.36. The topological polar surface area (TPSA) is 63.6 Å². The molecule has 0 fully saturated rings. The van der Waals surface area contributed by atoms with Gasteiger partial charge in [-0.1, -0.05) is 24.3 Å². The van der Waals surface area contributed by atoms with Crippen molar-refractivity contribution in [2.45, 2.75) is 39.2 Å². The Hall–Kier alpha value is -1.68. The lowest BCUT2D eigenvalue weighted by Crippen LogP contribution is -2.19. The summed E-state index contributed by atoms with van der Waals surface area (Å²) in [5.41, 5.74) is 0.632. The molecule has 0 aliphatic rings.